The van der Waals surface area contributed by atoms with Crippen LogP contribution < -0.4 is 10.6 Å². The molecular weight excluding hydrogens is 224 g/mol. The van der Waals surface area contributed by atoms with Crippen LogP contribution in [0.3, 0.4) is 0 Å². The second kappa shape index (κ2) is 10.4. The van der Waals surface area contributed by atoms with Crippen molar-refractivity contribution in [2.45, 2.75) is 77.2 Å². The Bertz CT molecular complexity index is 213. The number of nitrogens with one attached hydrogen (secondary N) is 2. The van der Waals surface area contributed by atoms with Gasteiger partial charge in [-0.2, -0.15) is 0 Å². The Morgan fingerprint density at radius 2 is 1.78 bits per heavy atom. The molecular formula is C15H30N2O. The molecule has 0 atom stereocenters. The van der Waals surface area contributed by atoms with Crippen LogP contribution in [0.5, 0.6) is 0 Å². The van der Waals surface area contributed by atoms with Gasteiger partial charge in [-0.25, -0.2) is 0 Å². The highest BCUT2D eigenvalue weighted by Crippen LogP contribution is 2.17. The molecule has 1 aliphatic rings. The maximum Gasteiger partial charge on any atom is 0.234 e. The van der Waals surface area contributed by atoms with E-state index in [1.807, 2.05) is 0 Å². The van der Waals surface area contributed by atoms with Gasteiger partial charge in [0.25, 0.3) is 0 Å². The molecule has 0 aromatic carbocycles. The maximum absolute atomic E-state index is 11.7. The molecule has 1 amide bonds. The Kier molecular flexibility index (Phi) is 8.92. The van der Waals surface area contributed by atoms with Crippen LogP contribution in [-0.2, 0) is 4.79 Å². The van der Waals surface area contributed by atoms with E-state index in [-0.39, 0.29) is 5.91 Å². The molecule has 0 aliphatic heterocycles. The Morgan fingerprint density at radius 3 is 2.50 bits per heavy atom. The Morgan fingerprint density at radius 1 is 1.06 bits per heavy atom. The van der Waals surface area contributed by atoms with Crippen LogP contribution in [0, 0.1) is 0 Å². The Hall–Kier alpha value is -0.570. The number of rotatable bonds is 9. The molecule has 3 heteroatoms. The smallest absolute Gasteiger partial charge is 0.234 e. The van der Waals surface area contributed by atoms with Gasteiger partial charge in [-0.15, -0.1) is 0 Å². The molecule has 0 bridgehead atoms. The molecule has 106 valence electrons. The minimum absolute atomic E-state index is 0.176. The monoisotopic (exact) mass is 254 g/mol. The zero-order valence-electron chi connectivity index (χ0n) is 12.0. The van der Waals surface area contributed by atoms with Crippen LogP contribution in [0.25, 0.3) is 0 Å². The van der Waals surface area contributed by atoms with Crippen LogP contribution in [0.4, 0.5) is 0 Å². The summed E-state index contributed by atoms with van der Waals surface area (Å²) in [7, 11) is 0. The molecule has 1 fully saturated rings. The largest absolute Gasteiger partial charge is 0.352 e. The third-order valence-electron chi connectivity index (χ3n) is 3.71. The fraction of sp³-hybridized carbons (Fsp3) is 0.933. The summed E-state index contributed by atoms with van der Waals surface area (Å²) in [4.78, 5) is 11.7. The first-order valence-corrected chi connectivity index (χ1v) is 7.83. The predicted octanol–water partition coefficient (Wildman–Crippen LogP) is 3.00. The van der Waals surface area contributed by atoms with E-state index in [2.05, 4.69) is 17.6 Å². The van der Waals surface area contributed by atoms with E-state index < -0.39 is 0 Å². The van der Waals surface area contributed by atoms with E-state index in [4.69, 9.17) is 0 Å². The summed E-state index contributed by atoms with van der Waals surface area (Å²) in [6.45, 7) is 3.69. The quantitative estimate of drug-likeness (QED) is 0.621. The highest BCUT2D eigenvalue weighted by atomic mass is 16.1. The van der Waals surface area contributed by atoms with Gasteiger partial charge in [-0.3, -0.25) is 4.79 Å². The topological polar surface area (TPSA) is 41.1 Å². The van der Waals surface area contributed by atoms with E-state index in [0.717, 1.165) is 6.54 Å². The molecule has 0 unspecified atom stereocenters. The molecule has 0 heterocycles. The molecule has 0 saturated heterocycles. The van der Waals surface area contributed by atoms with Crippen molar-refractivity contribution in [3.8, 4) is 0 Å². The average Bonchev–Trinajstić information content (AvgIpc) is 2.39. The summed E-state index contributed by atoms with van der Waals surface area (Å²) in [6, 6.07) is 0.442. The average molecular weight is 254 g/mol. The summed E-state index contributed by atoms with van der Waals surface area (Å²) in [5, 5.41) is 6.37. The van der Waals surface area contributed by atoms with Crippen molar-refractivity contribution < 1.29 is 4.79 Å². The van der Waals surface area contributed by atoms with Gasteiger partial charge in [-0.05, 0) is 25.8 Å². The molecule has 0 spiro atoms. The van der Waals surface area contributed by atoms with Gasteiger partial charge >= 0.3 is 0 Å². The predicted molar refractivity (Wildman–Crippen MR) is 76.6 cm³/mol. The summed E-state index contributed by atoms with van der Waals surface area (Å²) in [5.41, 5.74) is 0. The molecule has 0 aromatic rings. The third kappa shape index (κ3) is 7.70. The summed E-state index contributed by atoms with van der Waals surface area (Å²) >= 11 is 0. The molecule has 18 heavy (non-hydrogen) atoms. The lowest BCUT2D eigenvalue weighted by molar-refractivity contribution is -0.121. The van der Waals surface area contributed by atoms with Crippen molar-refractivity contribution in [1.29, 1.82) is 0 Å². The number of carbonyl (C=O) groups excluding carboxylic acids is 1. The lowest BCUT2D eigenvalue weighted by Gasteiger charge is -2.22. The summed E-state index contributed by atoms with van der Waals surface area (Å²) in [6.07, 6.45) is 12.6. The number of hydrogen-bond donors (Lipinski definition) is 2. The van der Waals surface area contributed by atoms with Crippen molar-refractivity contribution in [3.05, 3.63) is 0 Å². The van der Waals surface area contributed by atoms with Gasteiger partial charge in [0.05, 0.1) is 6.54 Å². The Labute approximate surface area is 112 Å². The van der Waals surface area contributed by atoms with E-state index >= 15 is 0 Å². The first-order valence-electron chi connectivity index (χ1n) is 7.83. The van der Waals surface area contributed by atoms with Crippen LogP contribution in [0.2, 0.25) is 0 Å². The van der Waals surface area contributed by atoms with Crippen molar-refractivity contribution in [3.63, 3.8) is 0 Å². The standard InChI is InChI=1S/C15H30N2O/c1-2-3-4-5-9-12-16-13-15(18)17-14-10-7-6-8-11-14/h14,16H,2-13H2,1H3,(H,17,18). The minimum atomic E-state index is 0.176. The van der Waals surface area contributed by atoms with E-state index in [9.17, 15) is 4.79 Å². The van der Waals surface area contributed by atoms with Crippen molar-refractivity contribution >= 4 is 5.91 Å². The molecule has 3 nitrogen and oxygen atoms in total. The maximum atomic E-state index is 11.7. The first kappa shape index (κ1) is 15.5. The van der Waals surface area contributed by atoms with Crippen LogP contribution in [0.1, 0.15) is 71.1 Å². The summed E-state index contributed by atoms with van der Waals surface area (Å²) in [5.74, 6) is 0.176. The zero-order chi connectivity index (χ0) is 13.1. The second-order valence-corrected chi connectivity index (χ2v) is 5.49. The third-order valence-corrected chi connectivity index (χ3v) is 3.71. The number of amides is 1. The Balaban J connectivity index is 1.90. The van der Waals surface area contributed by atoms with Gasteiger partial charge in [0.2, 0.25) is 5.91 Å². The number of hydrogen-bond acceptors (Lipinski definition) is 2. The fourth-order valence-corrected chi connectivity index (χ4v) is 2.58. The lowest BCUT2D eigenvalue weighted by Crippen LogP contribution is -2.41. The summed E-state index contributed by atoms with van der Waals surface area (Å²) < 4.78 is 0. The molecule has 1 saturated carbocycles. The van der Waals surface area contributed by atoms with Crippen LogP contribution in [-0.4, -0.2) is 25.0 Å². The van der Waals surface area contributed by atoms with Crippen molar-refractivity contribution in [2.24, 2.45) is 0 Å². The van der Waals surface area contributed by atoms with Gasteiger partial charge in [0.15, 0.2) is 0 Å². The molecule has 1 aliphatic carbocycles. The first-order chi connectivity index (χ1) is 8.83. The van der Waals surface area contributed by atoms with Gasteiger partial charge in [0, 0.05) is 6.04 Å². The highest BCUT2D eigenvalue weighted by Gasteiger charge is 2.14. The van der Waals surface area contributed by atoms with Crippen LogP contribution in [0.15, 0.2) is 0 Å². The fourth-order valence-electron chi connectivity index (χ4n) is 2.58. The van der Waals surface area contributed by atoms with Crippen LogP contribution >= 0.6 is 0 Å². The minimum Gasteiger partial charge on any atom is -0.352 e. The van der Waals surface area contributed by atoms with Crippen molar-refractivity contribution in [1.82, 2.24) is 10.6 Å². The zero-order valence-corrected chi connectivity index (χ0v) is 12.0. The normalized spacial score (nSPS) is 16.7. The van der Waals surface area contributed by atoms with Gasteiger partial charge in [0.1, 0.15) is 0 Å². The van der Waals surface area contributed by atoms with E-state index in [1.54, 1.807) is 0 Å². The van der Waals surface area contributed by atoms with Gasteiger partial charge in [-0.1, -0.05) is 51.9 Å². The molecule has 0 radical (unpaired) electrons. The highest BCUT2D eigenvalue weighted by molar-refractivity contribution is 5.78. The van der Waals surface area contributed by atoms with Gasteiger partial charge < -0.3 is 10.6 Å². The van der Waals surface area contributed by atoms with E-state index in [1.165, 1.54) is 64.2 Å². The molecule has 1 rings (SSSR count). The number of carbonyl (C=O) groups is 1. The molecule has 2 N–H and O–H groups in total. The second-order valence-electron chi connectivity index (χ2n) is 5.49. The number of unbranched alkanes of at least 4 members (excludes halogenated alkanes) is 4. The SMILES string of the molecule is CCCCCCCNCC(=O)NC1CCCCC1. The lowest BCUT2D eigenvalue weighted by atomic mass is 9.95. The van der Waals surface area contributed by atoms with Crippen molar-refractivity contribution in [2.75, 3.05) is 13.1 Å². The molecule has 0 aromatic heterocycles. The van der Waals surface area contributed by atoms with E-state index in [0.29, 0.717) is 12.6 Å².